The highest BCUT2D eigenvalue weighted by Crippen LogP contribution is 2.09. The van der Waals surface area contributed by atoms with Crippen LogP contribution in [0.4, 0.5) is 4.39 Å². The number of aromatic nitrogens is 4. The van der Waals surface area contributed by atoms with Crippen LogP contribution in [0, 0.1) is 5.82 Å². The van der Waals surface area contributed by atoms with Crippen LogP contribution in [0.5, 0.6) is 0 Å². The van der Waals surface area contributed by atoms with Crippen molar-refractivity contribution in [1.82, 2.24) is 20.2 Å². The fourth-order valence-corrected chi connectivity index (χ4v) is 1.02. The lowest BCUT2D eigenvalue weighted by molar-refractivity contribution is 0.0683. The van der Waals surface area contributed by atoms with Gasteiger partial charge in [-0.25, -0.2) is 9.18 Å². The topological polar surface area (TPSA) is 80.9 Å². The van der Waals surface area contributed by atoms with Gasteiger partial charge >= 0.3 is 5.97 Å². The molecule has 2 rings (SSSR count). The van der Waals surface area contributed by atoms with Crippen molar-refractivity contribution < 1.29 is 14.3 Å². The van der Waals surface area contributed by atoms with E-state index in [1.807, 2.05) is 0 Å². The number of carboxylic acids is 1. The number of carboxylic acid groups (broad SMARTS) is 1. The van der Waals surface area contributed by atoms with Gasteiger partial charge in [0.15, 0.2) is 5.82 Å². The Kier molecular flexibility index (Phi) is 2.13. The summed E-state index contributed by atoms with van der Waals surface area (Å²) in [4.78, 5) is 11.3. The maximum absolute atomic E-state index is 13.2. The lowest BCUT2D eigenvalue weighted by Crippen LogP contribution is -2.04. The number of hydrogen-bond acceptors (Lipinski definition) is 4. The Bertz CT molecular complexity index is 511. The fourth-order valence-electron chi connectivity index (χ4n) is 1.02. The van der Waals surface area contributed by atoms with Crippen LogP contribution in [0.2, 0.25) is 0 Å². The van der Waals surface area contributed by atoms with Crippen molar-refractivity contribution in [2.75, 3.05) is 0 Å². The van der Waals surface area contributed by atoms with Crippen molar-refractivity contribution in [2.45, 2.75) is 0 Å². The van der Waals surface area contributed by atoms with Gasteiger partial charge in [0.25, 0.3) is 5.82 Å². The van der Waals surface area contributed by atoms with E-state index in [0.717, 1.165) is 4.80 Å². The Morgan fingerprint density at radius 2 is 2.13 bits per heavy atom. The van der Waals surface area contributed by atoms with Gasteiger partial charge < -0.3 is 5.11 Å². The van der Waals surface area contributed by atoms with Gasteiger partial charge in [0.1, 0.15) is 5.69 Å². The lowest BCUT2D eigenvalue weighted by Gasteiger charge is -1.97. The molecule has 0 radical (unpaired) electrons. The van der Waals surface area contributed by atoms with Gasteiger partial charge in [-0.15, -0.1) is 15.0 Å². The molecule has 1 aromatic heterocycles. The average Bonchev–Trinajstić information content (AvgIpc) is 2.67. The highest BCUT2D eigenvalue weighted by molar-refractivity contribution is 5.82. The van der Waals surface area contributed by atoms with Crippen LogP contribution < -0.4 is 0 Å². The number of para-hydroxylation sites is 1. The molecule has 1 heterocycles. The van der Waals surface area contributed by atoms with Crippen molar-refractivity contribution >= 4 is 5.97 Å². The van der Waals surface area contributed by atoms with E-state index in [4.69, 9.17) is 5.11 Å². The summed E-state index contributed by atoms with van der Waals surface area (Å²) < 4.78 is 13.2. The van der Waals surface area contributed by atoms with Crippen molar-refractivity contribution in [1.29, 1.82) is 0 Å². The third-order valence-corrected chi connectivity index (χ3v) is 1.67. The van der Waals surface area contributed by atoms with E-state index in [1.165, 1.54) is 18.2 Å². The number of carbonyl (C=O) groups is 1. The number of nitrogens with zero attached hydrogens (tertiary/aromatic N) is 4. The maximum Gasteiger partial charge on any atom is 0.377 e. The minimum absolute atomic E-state index is 0.0532. The molecule has 0 spiro atoms. The molecule has 1 N–H and O–H groups in total. The quantitative estimate of drug-likeness (QED) is 0.777. The summed E-state index contributed by atoms with van der Waals surface area (Å²) >= 11 is 0. The molecule has 0 unspecified atom stereocenters. The van der Waals surface area contributed by atoms with Gasteiger partial charge in [-0.05, 0) is 17.3 Å². The SMILES string of the molecule is O=C(O)c1nnn(-c2ccccc2F)n1. The molecule has 0 saturated heterocycles. The van der Waals surface area contributed by atoms with Crippen LogP contribution in [-0.2, 0) is 0 Å². The summed E-state index contributed by atoms with van der Waals surface area (Å²) in [5, 5.41) is 18.7. The van der Waals surface area contributed by atoms with Crippen LogP contribution in [0.25, 0.3) is 5.69 Å². The van der Waals surface area contributed by atoms with Gasteiger partial charge in [0, 0.05) is 0 Å². The number of hydrogen-bond donors (Lipinski definition) is 1. The second-order valence-corrected chi connectivity index (χ2v) is 2.66. The number of benzene rings is 1. The zero-order valence-corrected chi connectivity index (χ0v) is 7.33. The normalized spacial score (nSPS) is 10.2. The molecule has 0 saturated carbocycles. The zero-order chi connectivity index (χ0) is 10.8. The summed E-state index contributed by atoms with van der Waals surface area (Å²) in [6.45, 7) is 0. The average molecular weight is 208 g/mol. The molecule has 0 aliphatic heterocycles. The maximum atomic E-state index is 13.2. The van der Waals surface area contributed by atoms with Gasteiger partial charge in [-0.1, -0.05) is 12.1 Å². The Morgan fingerprint density at radius 1 is 1.40 bits per heavy atom. The van der Waals surface area contributed by atoms with E-state index in [1.54, 1.807) is 6.07 Å². The first-order chi connectivity index (χ1) is 7.18. The fraction of sp³-hybridized carbons (Fsp3) is 0. The summed E-state index contributed by atoms with van der Waals surface area (Å²) in [5.74, 6) is -2.33. The predicted molar refractivity (Wildman–Crippen MR) is 46.1 cm³/mol. The van der Waals surface area contributed by atoms with Crippen molar-refractivity contribution in [3.05, 3.63) is 35.9 Å². The molecule has 1 aromatic carbocycles. The van der Waals surface area contributed by atoms with E-state index in [2.05, 4.69) is 15.4 Å². The zero-order valence-electron chi connectivity index (χ0n) is 7.33. The largest absolute Gasteiger partial charge is 0.475 e. The van der Waals surface area contributed by atoms with Crippen molar-refractivity contribution in [2.24, 2.45) is 0 Å². The second-order valence-electron chi connectivity index (χ2n) is 2.66. The first-order valence-corrected chi connectivity index (χ1v) is 3.96. The molecule has 15 heavy (non-hydrogen) atoms. The van der Waals surface area contributed by atoms with Crippen LogP contribution in [0.1, 0.15) is 10.6 Å². The molecule has 0 fully saturated rings. The monoisotopic (exact) mass is 208 g/mol. The lowest BCUT2D eigenvalue weighted by atomic mass is 10.3. The summed E-state index contributed by atoms with van der Waals surface area (Å²) in [7, 11) is 0. The Balaban J connectivity index is 2.46. The minimum atomic E-state index is -1.31. The van der Waals surface area contributed by atoms with Crippen LogP contribution in [-0.4, -0.2) is 31.3 Å². The predicted octanol–water partition coefficient (Wildman–Crippen LogP) is 0.500. The summed E-state index contributed by atoms with van der Waals surface area (Å²) in [6.07, 6.45) is 0. The standard InChI is InChI=1S/C8H5FN4O2/c9-5-3-1-2-4-6(5)13-11-7(8(14)15)10-12-13/h1-4H,(H,14,15). The highest BCUT2D eigenvalue weighted by atomic mass is 19.1. The first-order valence-electron chi connectivity index (χ1n) is 3.96. The molecular weight excluding hydrogens is 203 g/mol. The van der Waals surface area contributed by atoms with Gasteiger partial charge in [-0.3, -0.25) is 0 Å². The molecule has 0 aliphatic carbocycles. The number of rotatable bonds is 2. The van der Waals surface area contributed by atoms with E-state index >= 15 is 0 Å². The van der Waals surface area contributed by atoms with E-state index in [9.17, 15) is 9.18 Å². The molecule has 0 bridgehead atoms. The van der Waals surface area contributed by atoms with E-state index < -0.39 is 17.6 Å². The number of tetrazole rings is 1. The molecule has 0 aliphatic rings. The summed E-state index contributed by atoms with van der Waals surface area (Å²) in [5.41, 5.74) is 0.0532. The third kappa shape index (κ3) is 1.66. The first kappa shape index (κ1) is 9.25. The minimum Gasteiger partial charge on any atom is -0.475 e. The van der Waals surface area contributed by atoms with Crippen LogP contribution >= 0.6 is 0 Å². The Hall–Kier alpha value is -2.31. The van der Waals surface area contributed by atoms with Crippen LogP contribution in [0.15, 0.2) is 24.3 Å². The molecule has 76 valence electrons. The highest BCUT2D eigenvalue weighted by Gasteiger charge is 2.13. The molecular formula is C8H5FN4O2. The van der Waals surface area contributed by atoms with Crippen molar-refractivity contribution in [3.8, 4) is 5.69 Å². The second kappa shape index (κ2) is 3.45. The molecule has 2 aromatic rings. The smallest absolute Gasteiger partial charge is 0.377 e. The van der Waals surface area contributed by atoms with E-state index in [0.29, 0.717) is 0 Å². The Morgan fingerprint density at radius 3 is 2.73 bits per heavy atom. The number of halogens is 1. The molecule has 7 heteroatoms. The van der Waals surface area contributed by atoms with Crippen LogP contribution in [0.3, 0.4) is 0 Å². The number of aromatic carboxylic acids is 1. The van der Waals surface area contributed by atoms with Gasteiger partial charge in [-0.2, -0.15) is 0 Å². The van der Waals surface area contributed by atoms with Gasteiger partial charge in [0.05, 0.1) is 0 Å². The molecule has 6 nitrogen and oxygen atoms in total. The third-order valence-electron chi connectivity index (χ3n) is 1.67. The Labute approximate surface area is 83.0 Å². The molecule has 0 amide bonds. The molecule has 0 atom stereocenters. The summed E-state index contributed by atoms with van der Waals surface area (Å²) in [6, 6.07) is 5.73. The van der Waals surface area contributed by atoms with Crippen molar-refractivity contribution in [3.63, 3.8) is 0 Å². The van der Waals surface area contributed by atoms with E-state index in [-0.39, 0.29) is 5.69 Å². The van der Waals surface area contributed by atoms with Gasteiger partial charge in [0.2, 0.25) is 0 Å².